The molecule has 0 atom stereocenters. The molecule has 1 amide bonds. The van der Waals surface area contributed by atoms with E-state index in [-0.39, 0.29) is 17.9 Å². The third kappa shape index (κ3) is 3.30. The predicted octanol–water partition coefficient (Wildman–Crippen LogP) is 0.592. The van der Waals surface area contributed by atoms with Crippen molar-refractivity contribution in [3.63, 3.8) is 0 Å². The van der Waals surface area contributed by atoms with E-state index >= 15 is 0 Å². The molecule has 0 aliphatic carbocycles. The van der Waals surface area contributed by atoms with Crippen molar-refractivity contribution in [2.75, 3.05) is 20.8 Å². The Morgan fingerprint density at radius 3 is 2.61 bits per heavy atom. The van der Waals surface area contributed by atoms with Crippen LogP contribution in [-0.4, -0.2) is 37.7 Å². The van der Waals surface area contributed by atoms with Crippen molar-refractivity contribution >= 4 is 24.5 Å². The van der Waals surface area contributed by atoms with Gasteiger partial charge in [-0.15, -0.1) is 12.6 Å². The fourth-order valence-corrected chi connectivity index (χ4v) is 1.51. The number of carbonyl (C=O) groups excluding carboxylic acids is 2. The SMILES string of the molecule is COC(=O)CNC(=O)c1cc(S)c(OC)cc1O. The van der Waals surface area contributed by atoms with Gasteiger partial charge in [0, 0.05) is 11.0 Å². The van der Waals surface area contributed by atoms with Gasteiger partial charge in [-0.3, -0.25) is 9.59 Å². The molecule has 1 aromatic rings. The molecule has 1 aromatic carbocycles. The first-order valence-electron chi connectivity index (χ1n) is 4.94. The summed E-state index contributed by atoms with van der Waals surface area (Å²) in [6.07, 6.45) is 0. The molecule has 98 valence electrons. The molecule has 0 saturated heterocycles. The Morgan fingerprint density at radius 1 is 1.39 bits per heavy atom. The number of esters is 1. The van der Waals surface area contributed by atoms with Crippen LogP contribution in [0.5, 0.6) is 11.5 Å². The van der Waals surface area contributed by atoms with E-state index in [9.17, 15) is 14.7 Å². The fraction of sp³-hybridized carbons (Fsp3) is 0.273. The third-order valence-electron chi connectivity index (χ3n) is 2.16. The van der Waals surface area contributed by atoms with Crippen LogP contribution in [0.25, 0.3) is 0 Å². The van der Waals surface area contributed by atoms with Gasteiger partial charge in [-0.2, -0.15) is 0 Å². The maximum atomic E-state index is 11.7. The number of carbonyl (C=O) groups is 2. The number of rotatable bonds is 4. The van der Waals surface area contributed by atoms with Gasteiger partial charge in [-0.25, -0.2) is 0 Å². The van der Waals surface area contributed by atoms with Gasteiger partial charge in [0.2, 0.25) is 0 Å². The first kappa shape index (κ1) is 14.2. The molecule has 2 N–H and O–H groups in total. The van der Waals surface area contributed by atoms with Gasteiger partial charge in [0.05, 0.1) is 19.8 Å². The number of thiol groups is 1. The number of benzene rings is 1. The smallest absolute Gasteiger partial charge is 0.325 e. The van der Waals surface area contributed by atoms with Crippen molar-refractivity contribution in [2.24, 2.45) is 0 Å². The van der Waals surface area contributed by atoms with Crippen LogP contribution in [0.2, 0.25) is 0 Å². The van der Waals surface area contributed by atoms with Crippen molar-refractivity contribution in [3.05, 3.63) is 17.7 Å². The molecule has 0 aromatic heterocycles. The normalized spacial score (nSPS) is 9.72. The highest BCUT2D eigenvalue weighted by Gasteiger charge is 2.15. The van der Waals surface area contributed by atoms with Crippen LogP contribution < -0.4 is 10.1 Å². The Balaban J connectivity index is 2.86. The lowest BCUT2D eigenvalue weighted by Crippen LogP contribution is -2.30. The summed E-state index contributed by atoms with van der Waals surface area (Å²) in [6, 6.07) is 2.62. The number of hydrogen-bond acceptors (Lipinski definition) is 6. The van der Waals surface area contributed by atoms with Crippen LogP contribution in [0.4, 0.5) is 0 Å². The zero-order chi connectivity index (χ0) is 13.7. The molecular weight excluding hydrogens is 258 g/mol. The number of methoxy groups -OCH3 is 2. The van der Waals surface area contributed by atoms with Crippen molar-refractivity contribution in [1.82, 2.24) is 5.32 Å². The third-order valence-corrected chi connectivity index (χ3v) is 2.51. The maximum absolute atomic E-state index is 11.7. The molecule has 0 unspecified atom stereocenters. The summed E-state index contributed by atoms with van der Waals surface area (Å²) in [5.41, 5.74) is 0.00435. The lowest BCUT2D eigenvalue weighted by atomic mass is 10.1. The molecule has 6 nitrogen and oxygen atoms in total. The van der Waals surface area contributed by atoms with E-state index in [1.807, 2.05) is 0 Å². The van der Waals surface area contributed by atoms with E-state index in [4.69, 9.17) is 4.74 Å². The lowest BCUT2D eigenvalue weighted by molar-refractivity contribution is -0.139. The first-order chi connectivity index (χ1) is 8.49. The fourth-order valence-electron chi connectivity index (χ4n) is 1.22. The van der Waals surface area contributed by atoms with E-state index in [0.29, 0.717) is 10.6 Å². The quantitative estimate of drug-likeness (QED) is 0.551. The standard InChI is InChI=1S/C11H13NO5S/c1-16-8-4-7(13)6(3-9(8)18)11(15)12-5-10(14)17-2/h3-4,13,18H,5H2,1-2H3,(H,12,15). The molecule has 0 spiro atoms. The van der Waals surface area contributed by atoms with E-state index in [1.54, 1.807) is 0 Å². The molecule has 0 aliphatic heterocycles. The van der Waals surface area contributed by atoms with Gasteiger partial charge in [-0.1, -0.05) is 0 Å². The van der Waals surface area contributed by atoms with Gasteiger partial charge in [-0.05, 0) is 6.07 Å². The van der Waals surface area contributed by atoms with Crippen LogP contribution >= 0.6 is 12.6 Å². The highest BCUT2D eigenvalue weighted by atomic mass is 32.1. The van der Waals surface area contributed by atoms with E-state index in [0.717, 1.165) is 0 Å². The highest BCUT2D eigenvalue weighted by Crippen LogP contribution is 2.30. The summed E-state index contributed by atoms with van der Waals surface area (Å²) in [5, 5.41) is 12.0. The van der Waals surface area contributed by atoms with Crippen LogP contribution in [0, 0.1) is 0 Å². The molecule has 0 saturated carbocycles. The number of aromatic hydroxyl groups is 1. The summed E-state index contributed by atoms with van der Waals surface area (Å²) in [5.74, 6) is -1.09. The second kappa shape index (κ2) is 6.15. The van der Waals surface area contributed by atoms with E-state index in [1.165, 1.54) is 26.4 Å². The topological polar surface area (TPSA) is 84.9 Å². The van der Waals surface area contributed by atoms with Gasteiger partial charge in [0.15, 0.2) is 0 Å². The van der Waals surface area contributed by atoms with Gasteiger partial charge >= 0.3 is 5.97 Å². The van der Waals surface area contributed by atoms with Crippen LogP contribution in [0.3, 0.4) is 0 Å². The molecular formula is C11H13NO5S. The average Bonchev–Trinajstić information content (AvgIpc) is 2.37. The molecule has 7 heteroatoms. The summed E-state index contributed by atoms with van der Waals surface area (Å²) in [6.45, 7) is -0.275. The Kier molecular flexibility index (Phi) is 4.85. The molecule has 0 bridgehead atoms. The van der Waals surface area contributed by atoms with E-state index in [2.05, 4.69) is 22.7 Å². The summed E-state index contributed by atoms with van der Waals surface area (Å²) >= 11 is 4.11. The number of amides is 1. The minimum Gasteiger partial charge on any atom is -0.507 e. The van der Waals surface area contributed by atoms with Gasteiger partial charge < -0.3 is 19.9 Å². The summed E-state index contributed by atoms with van der Waals surface area (Å²) in [7, 11) is 2.64. The second-order valence-corrected chi connectivity index (χ2v) is 3.78. The van der Waals surface area contributed by atoms with Crippen molar-refractivity contribution in [1.29, 1.82) is 0 Å². The molecule has 0 radical (unpaired) electrons. The second-order valence-electron chi connectivity index (χ2n) is 3.30. The lowest BCUT2D eigenvalue weighted by Gasteiger charge is -2.09. The predicted molar refractivity (Wildman–Crippen MR) is 66.3 cm³/mol. The van der Waals surface area contributed by atoms with Gasteiger partial charge in [0.1, 0.15) is 18.0 Å². The van der Waals surface area contributed by atoms with Gasteiger partial charge in [0.25, 0.3) is 5.91 Å². The number of phenolic OH excluding ortho intramolecular Hbond substituents is 1. The van der Waals surface area contributed by atoms with Crippen molar-refractivity contribution in [3.8, 4) is 11.5 Å². The molecule has 1 rings (SSSR count). The molecule has 0 aliphatic rings. The summed E-state index contributed by atoms with van der Waals surface area (Å²) in [4.78, 5) is 23.0. The number of hydrogen-bond donors (Lipinski definition) is 3. The minimum absolute atomic E-state index is 0.00435. The maximum Gasteiger partial charge on any atom is 0.325 e. The van der Waals surface area contributed by atoms with Crippen LogP contribution in [0.1, 0.15) is 10.4 Å². The monoisotopic (exact) mass is 271 g/mol. The molecule has 0 heterocycles. The Morgan fingerprint density at radius 2 is 2.06 bits per heavy atom. The first-order valence-corrected chi connectivity index (χ1v) is 5.39. The van der Waals surface area contributed by atoms with E-state index < -0.39 is 11.9 Å². The largest absolute Gasteiger partial charge is 0.507 e. The Bertz CT molecular complexity index is 475. The van der Waals surface area contributed by atoms with Crippen LogP contribution in [-0.2, 0) is 9.53 Å². The van der Waals surface area contributed by atoms with Crippen molar-refractivity contribution in [2.45, 2.75) is 4.90 Å². The Labute approximate surface area is 109 Å². The Hall–Kier alpha value is -1.89. The number of nitrogens with one attached hydrogen (secondary N) is 1. The molecule has 0 fully saturated rings. The highest BCUT2D eigenvalue weighted by molar-refractivity contribution is 7.80. The zero-order valence-corrected chi connectivity index (χ0v) is 10.8. The molecule has 18 heavy (non-hydrogen) atoms. The van der Waals surface area contributed by atoms with Crippen molar-refractivity contribution < 1.29 is 24.2 Å². The zero-order valence-electron chi connectivity index (χ0n) is 9.89. The minimum atomic E-state index is -0.601. The number of ether oxygens (including phenoxy) is 2. The average molecular weight is 271 g/mol. The summed E-state index contributed by atoms with van der Waals surface area (Å²) < 4.78 is 9.31. The number of phenols is 1. The van der Waals surface area contributed by atoms with Crippen LogP contribution in [0.15, 0.2) is 17.0 Å².